The van der Waals surface area contributed by atoms with Crippen molar-refractivity contribution in [2.75, 3.05) is 13.2 Å². The number of hydrogen-bond acceptors (Lipinski definition) is 13. The van der Waals surface area contributed by atoms with Crippen LogP contribution in [0.3, 0.4) is 0 Å². The standard InChI is InChI=1S/C52H32N4O8P4.C4H10O/c57-45-37-25-13-27-39(53-37)47(59)66(34-19-7-2-8-20-34)49(61)41-29-15-31-43(55-41)51(63)68(36-23-11-4-12-24-36)52(64)44-32-16-30-42(56-44)50(62)67(35-21-9-3-10-22-35)48(60)40-28-14-26-38(54-40)46(58)65(45)33-17-5-1-6-18-33;1-3-5-4-2/h1-32H;3-4H2,1-2H3. The molecule has 0 radical (unpaired) electrons. The maximum absolute atomic E-state index is 14.7. The van der Waals surface area contributed by atoms with Crippen LogP contribution in [0.15, 0.2) is 194 Å². The average molecular weight is 1040 g/mol. The molecule has 5 heterocycles. The van der Waals surface area contributed by atoms with Crippen LogP contribution >= 0.6 is 31.7 Å². The third-order valence-corrected chi connectivity index (χ3v) is 19.2. The minimum Gasteiger partial charge on any atom is -0.382 e. The van der Waals surface area contributed by atoms with E-state index in [9.17, 15) is 38.4 Å². The Morgan fingerprint density at radius 3 is 0.562 bits per heavy atom. The van der Waals surface area contributed by atoms with Crippen LogP contribution in [-0.4, -0.2) is 77.3 Å². The number of rotatable bonds is 6. The van der Waals surface area contributed by atoms with Crippen molar-refractivity contribution in [3.8, 4) is 0 Å². The maximum atomic E-state index is 14.7. The lowest BCUT2D eigenvalue weighted by Crippen LogP contribution is -2.22. The van der Waals surface area contributed by atoms with Crippen LogP contribution in [0.1, 0.15) is 97.8 Å². The minimum atomic E-state index is -2.47. The lowest BCUT2D eigenvalue weighted by molar-refractivity contribution is 0.103. The van der Waals surface area contributed by atoms with Gasteiger partial charge in [-0.1, -0.05) is 146 Å². The van der Waals surface area contributed by atoms with Gasteiger partial charge < -0.3 is 4.74 Å². The van der Waals surface area contributed by atoms with Crippen LogP contribution < -0.4 is 21.2 Å². The fourth-order valence-electron chi connectivity index (χ4n) is 7.43. The molecule has 0 saturated heterocycles. The molecule has 0 amide bonds. The fourth-order valence-corrected chi connectivity index (χ4v) is 14.8. The van der Waals surface area contributed by atoms with Gasteiger partial charge >= 0.3 is 0 Å². The van der Waals surface area contributed by atoms with Crippen LogP contribution in [0.4, 0.5) is 0 Å². The molecule has 8 aromatic rings. The average Bonchev–Trinajstić information content (AvgIpc) is 3.44. The largest absolute Gasteiger partial charge is 0.382 e. The summed E-state index contributed by atoms with van der Waals surface area (Å²) < 4.78 is 4.83. The third kappa shape index (κ3) is 11.7. The highest BCUT2D eigenvalue weighted by Crippen LogP contribution is 2.47. The molecule has 73 heavy (non-hydrogen) atoms. The van der Waals surface area contributed by atoms with Crippen LogP contribution in [0, 0.1) is 0 Å². The van der Waals surface area contributed by atoms with Crippen LogP contribution in [0.2, 0.25) is 0 Å². The number of fused-ring (bicyclic) bond motifs is 8. The smallest absolute Gasteiger partial charge is 0.214 e. The molecule has 0 N–H and O–H groups in total. The van der Waals surface area contributed by atoms with Crippen molar-refractivity contribution in [2.45, 2.75) is 13.8 Å². The Balaban J connectivity index is 0.00000136. The summed E-state index contributed by atoms with van der Waals surface area (Å²) in [6.45, 7) is 5.67. The predicted molar refractivity (Wildman–Crippen MR) is 286 cm³/mol. The summed E-state index contributed by atoms with van der Waals surface area (Å²) in [6.07, 6.45) is 0. The van der Waals surface area contributed by atoms with Gasteiger partial charge in [0.05, 0.1) is 31.7 Å². The van der Waals surface area contributed by atoms with Crippen LogP contribution in [-0.2, 0) is 4.74 Å². The van der Waals surface area contributed by atoms with Gasteiger partial charge in [0.1, 0.15) is 45.6 Å². The topological polar surface area (TPSA) is 197 Å². The van der Waals surface area contributed by atoms with Crippen LogP contribution in [0.25, 0.3) is 0 Å². The second-order valence-electron chi connectivity index (χ2n) is 15.5. The van der Waals surface area contributed by atoms with E-state index in [0.717, 1.165) is 13.2 Å². The molecular formula is C56H42N4O9P4. The molecular weight excluding hydrogens is 997 g/mol. The molecule has 4 aromatic heterocycles. The first-order chi connectivity index (χ1) is 35.5. The van der Waals surface area contributed by atoms with E-state index in [4.69, 9.17) is 4.74 Å². The first-order valence-electron chi connectivity index (χ1n) is 22.7. The highest BCUT2D eigenvalue weighted by Gasteiger charge is 2.39. The Bertz CT molecular complexity index is 2820. The number of benzene rings is 4. The molecule has 1 aliphatic rings. The van der Waals surface area contributed by atoms with Gasteiger partial charge in [-0.05, 0) is 83.6 Å². The van der Waals surface area contributed by atoms with Gasteiger partial charge in [-0.2, -0.15) is 0 Å². The zero-order valence-electron chi connectivity index (χ0n) is 39.1. The van der Waals surface area contributed by atoms with Gasteiger partial charge in [0.25, 0.3) is 0 Å². The molecule has 0 spiro atoms. The number of carbonyl (C=O) groups is 8. The number of hydrogen-bond donors (Lipinski definition) is 0. The number of aromatic nitrogens is 4. The Morgan fingerprint density at radius 1 is 0.260 bits per heavy atom. The summed E-state index contributed by atoms with van der Waals surface area (Å²) in [6, 6.07) is 49.9. The molecule has 0 saturated carbocycles. The molecule has 360 valence electrons. The molecule has 13 nitrogen and oxygen atoms in total. The Labute approximate surface area is 424 Å². The van der Waals surface area contributed by atoms with Gasteiger partial charge in [0, 0.05) is 13.2 Å². The van der Waals surface area contributed by atoms with Crippen molar-refractivity contribution >= 4 is 97.1 Å². The second-order valence-corrected chi connectivity index (χ2v) is 23.5. The lowest BCUT2D eigenvalue weighted by atomic mass is 10.3. The molecule has 1 aliphatic heterocycles. The minimum absolute atomic E-state index is 0.228. The first-order valence-corrected chi connectivity index (χ1v) is 28.1. The third-order valence-electron chi connectivity index (χ3n) is 10.8. The van der Waals surface area contributed by atoms with E-state index in [0.29, 0.717) is 21.2 Å². The Hall–Kier alpha value is -7.48. The summed E-state index contributed by atoms with van der Waals surface area (Å²) in [7, 11) is -9.89. The normalized spacial score (nSPS) is 17.6. The summed E-state index contributed by atoms with van der Waals surface area (Å²) in [5, 5.41) is 1.38. The Kier molecular flexibility index (Phi) is 17.3. The van der Waals surface area contributed by atoms with E-state index in [1.807, 2.05) is 13.8 Å². The van der Waals surface area contributed by atoms with Crippen molar-refractivity contribution in [3.63, 3.8) is 0 Å². The highest BCUT2D eigenvalue weighted by molar-refractivity contribution is 7.97. The number of pyridine rings is 4. The number of carbonyl (C=O) groups excluding carboxylic acids is 8. The van der Waals surface area contributed by atoms with Crippen molar-refractivity contribution in [1.29, 1.82) is 0 Å². The van der Waals surface area contributed by atoms with E-state index in [1.54, 1.807) is 121 Å². The SMILES string of the molecule is CCOCC.O=C1c2cccc(n2)C(=O)P(c2ccccc2)C(=O)c2cccc(n2)C(=O)P(c2ccccc2)C(=O)c2cccc(n2)C(=O)P(c2ccccc2)C(=O)c2cccc(n2)C(=O)P1c1ccccc1. The number of nitrogens with zero attached hydrogens (tertiary/aromatic N) is 4. The monoisotopic (exact) mass is 1040 g/mol. The predicted octanol–water partition coefficient (Wildman–Crippen LogP) is 9.77. The fraction of sp³-hybridized carbons (Fsp3) is 0.0714. The summed E-state index contributed by atoms with van der Waals surface area (Å²) >= 11 is 0. The molecule has 0 unspecified atom stereocenters. The van der Waals surface area contributed by atoms with E-state index in [-0.39, 0.29) is 45.6 Å². The molecule has 8 bridgehead atoms. The first kappa shape index (κ1) is 51.9. The molecule has 0 fully saturated rings. The summed E-state index contributed by atoms with van der Waals surface area (Å²) in [4.78, 5) is 136. The van der Waals surface area contributed by atoms with Gasteiger partial charge in [-0.3, -0.25) is 38.4 Å². The zero-order chi connectivity index (χ0) is 51.4. The highest BCUT2D eigenvalue weighted by atomic mass is 31.1. The second kappa shape index (κ2) is 24.3. The van der Waals surface area contributed by atoms with Crippen molar-refractivity contribution in [3.05, 3.63) is 240 Å². The van der Waals surface area contributed by atoms with Gasteiger partial charge in [-0.15, -0.1) is 0 Å². The van der Waals surface area contributed by atoms with E-state index in [2.05, 4.69) is 19.9 Å². The molecule has 0 atom stereocenters. The molecule has 4 aromatic carbocycles. The van der Waals surface area contributed by atoms with E-state index in [1.165, 1.54) is 72.8 Å². The quantitative estimate of drug-likeness (QED) is 0.143. The zero-order valence-corrected chi connectivity index (χ0v) is 42.7. The van der Waals surface area contributed by atoms with Crippen molar-refractivity contribution in [1.82, 2.24) is 19.9 Å². The summed E-state index contributed by atoms with van der Waals surface area (Å²) in [5.74, 6) is 0. The van der Waals surface area contributed by atoms with Gasteiger partial charge in [0.15, 0.2) is 0 Å². The van der Waals surface area contributed by atoms with Crippen LogP contribution in [0.5, 0.6) is 0 Å². The Morgan fingerprint density at radius 2 is 0.425 bits per heavy atom. The van der Waals surface area contributed by atoms with E-state index < -0.39 is 75.9 Å². The molecule has 9 rings (SSSR count). The van der Waals surface area contributed by atoms with Crippen molar-refractivity contribution in [2.24, 2.45) is 0 Å². The number of ether oxygens (including phenoxy) is 1. The summed E-state index contributed by atoms with van der Waals surface area (Å²) in [5.41, 5.74) is -7.61. The van der Waals surface area contributed by atoms with Crippen molar-refractivity contribution < 1.29 is 43.1 Å². The van der Waals surface area contributed by atoms with Gasteiger partial charge in [-0.25, -0.2) is 19.9 Å². The molecule has 17 heteroatoms. The van der Waals surface area contributed by atoms with Gasteiger partial charge in [0.2, 0.25) is 44.2 Å². The lowest BCUT2D eigenvalue weighted by Gasteiger charge is -2.19. The molecule has 0 aliphatic carbocycles. The maximum Gasteiger partial charge on any atom is 0.214 e. The van der Waals surface area contributed by atoms with E-state index >= 15 is 0 Å².